The first-order valence-electron chi connectivity index (χ1n) is 9.70. The fourth-order valence-electron chi connectivity index (χ4n) is 3.17. The third kappa shape index (κ3) is 5.21. The normalized spacial score (nSPS) is 17.0. The Hall–Kier alpha value is -1.70. The van der Waals surface area contributed by atoms with Gasteiger partial charge in [-0.2, -0.15) is 0 Å². The third-order valence-corrected chi connectivity index (χ3v) is 5.87. The van der Waals surface area contributed by atoms with Crippen molar-refractivity contribution in [3.8, 4) is 11.5 Å². The molecular formula is C20H27ClN4O2S. The molecule has 1 aliphatic rings. The minimum atomic E-state index is 0.0738. The van der Waals surface area contributed by atoms with Gasteiger partial charge in [0.1, 0.15) is 0 Å². The van der Waals surface area contributed by atoms with Crippen LogP contribution in [-0.4, -0.2) is 39.7 Å². The first kappa shape index (κ1) is 21.0. The molecular weight excluding hydrogens is 396 g/mol. The molecule has 0 saturated carbocycles. The zero-order valence-corrected chi connectivity index (χ0v) is 18.1. The van der Waals surface area contributed by atoms with Crippen molar-refractivity contribution in [1.82, 2.24) is 20.0 Å². The Bertz CT molecular complexity index is 871. The standard InChI is InChI=1S/C20H27ClN4O2S/c1-13(2)14(3)22-18(26)15-7-9-24(10-8-15)12-25-20(28)27-19(23-25)16-5-4-6-17(21)11-16/h4-6,11,13-15H,7-10,12H2,1-3H3,(H,22,26). The molecule has 6 nitrogen and oxygen atoms in total. The summed E-state index contributed by atoms with van der Waals surface area (Å²) in [5.74, 6) is 1.14. The molecule has 2 heterocycles. The van der Waals surface area contributed by atoms with E-state index in [2.05, 4.69) is 36.1 Å². The molecule has 1 aromatic heterocycles. The SMILES string of the molecule is CC(C)C(C)NC(=O)C1CCN(Cn2nc(-c3cccc(Cl)c3)oc2=S)CC1. The second-order valence-electron chi connectivity index (χ2n) is 7.76. The highest BCUT2D eigenvalue weighted by Gasteiger charge is 2.26. The minimum absolute atomic E-state index is 0.0738. The van der Waals surface area contributed by atoms with Crippen LogP contribution in [-0.2, 0) is 11.5 Å². The van der Waals surface area contributed by atoms with Crippen molar-refractivity contribution in [1.29, 1.82) is 0 Å². The monoisotopic (exact) mass is 422 g/mol. The number of piperidine rings is 1. The molecule has 1 N–H and O–H groups in total. The lowest BCUT2D eigenvalue weighted by Gasteiger charge is -2.31. The van der Waals surface area contributed by atoms with Gasteiger partial charge in [-0.15, -0.1) is 5.10 Å². The lowest BCUT2D eigenvalue weighted by molar-refractivity contribution is -0.127. The Balaban J connectivity index is 1.57. The number of rotatable bonds is 6. The summed E-state index contributed by atoms with van der Waals surface area (Å²) in [4.78, 5) is 15.0. The van der Waals surface area contributed by atoms with Crippen LogP contribution in [0.5, 0.6) is 0 Å². The van der Waals surface area contributed by atoms with Gasteiger partial charge in [0.2, 0.25) is 11.8 Å². The Morgan fingerprint density at radius 2 is 2.07 bits per heavy atom. The van der Waals surface area contributed by atoms with Crippen molar-refractivity contribution in [2.24, 2.45) is 11.8 Å². The van der Waals surface area contributed by atoms with Crippen molar-refractivity contribution >= 4 is 29.7 Å². The summed E-state index contributed by atoms with van der Waals surface area (Å²) in [5.41, 5.74) is 0.798. The van der Waals surface area contributed by atoms with Gasteiger partial charge in [-0.05, 0) is 56.1 Å². The fraction of sp³-hybridized carbons (Fsp3) is 0.550. The van der Waals surface area contributed by atoms with Crippen molar-refractivity contribution < 1.29 is 9.21 Å². The molecule has 1 aliphatic heterocycles. The predicted octanol–water partition coefficient (Wildman–Crippen LogP) is 4.36. The number of carbonyl (C=O) groups is 1. The molecule has 8 heteroatoms. The van der Waals surface area contributed by atoms with E-state index in [-0.39, 0.29) is 17.9 Å². The summed E-state index contributed by atoms with van der Waals surface area (Å²) in [6, 6.07) is 7.54. The van der Waals surface area contributed by atoms with E-state index < -0.39 is 0 Å². The molecule has 3 rings (SSSR count). The lowest BCUT2D eigenvalue weighted by Crippen LogP contribution is -2.44. The van der Waals surface area contributed by atoms with E-state index in [9.17, 15) is 4.79 Å². The molecule has 28 heavy (non-hydrogen) atoms. The molecule has 1 atom stereocenters. The summed E-state index contributed by atoms with van der Waals surface area (Å²) in [6.45, 7) is 8.51. The maximum atomic E-state index is 12.4. The third-order valence-electron chi connectivity index (χ3n) is 5.34. The molecule has 152 valence electrons. The summed E-state index contributed by atoms with van der Waals surface area (Å²) < 4.78 is 7.33. The van der Waals surface area contributed by atoms with Gasteiger partial charge in [0.05, 0.1) is 6.67 Å². The summed E-state index contributed by atoms with van der Waals surface area (Å²) in [6.07, 6.45) is 1.67. The molecule has 0 radical (unpaired) electrons. The van der Waals surface area contributed by atoms with Crippen LogP contribution in [0.3, 0.4) is 0 Å². The van der Waals surface area contributed by atoms with Crippen LogP contribution >= 0.6 is 23.8 Å². The largest absolute Gasteiger partial charge is 0.409 e. The highest BCUT2D eigenvalue weighted by molar-refractivity contribution is 7.71. The van der Waals surface area contributed by atoms with Gasteiger partial charge in [0.25, 0.3) is 4.84 Å². The van der Waals surface area contributed by atoms with E-state index in [4.69, 9.17) is 28.2 Å². The van der Waals surface area contributed by atoms with Crippen LogP contribution in [0.1, 0.15) is 33.6 Å². The van der Waals surface area contributed by atoms with Gasteiger partial charge in [-0.25, -0.2) is 4.68 Å². The van der Waals surface area contributed by atoms with Crippen LogP contribution in [0.15, 0.2) is 28.7 Å². The van der Waals surface area contributed by atoms with E-state index in [1.54, 1.807) is 16.8 Å². The average Bonchev–Trinajstić information content (AvgIpc) is 3.02. The highest BCUT2D eigenvalue weighted by atomic mass is 35.5. The fourth-order valence-corrected chi connectivity index (χ4v) is 3.54. The van der Waals surface area contributed by atoms with Crippen molar-refractivity contribution in [2.45, 2.75) is 46.3 Å². The van der Waals surface area contributed by atoms with Gasteiger partial charge >= 0.3 is 0 Å². The first-order valence-corrected chi connectivity index (χ1v) is 10.5. The van der Waals surface area contributed by atoms with Crippen LogP contribution < -0.4 is 5.32 Å². The van der Waals surface area contributed by atoms with Crippen LogP contribution in [0, 0.1) is 16.7 Å². The summed E-state index contributed by atoms with van der Waals surface area (Å²) >= 11 is 11.4. The van der Waals surface area contributed by atoms with Crippen LogP contribution in [0.25, 0.3) is 11.5 Å². The predicted molar refractivity (Wildman–Crippen MR) is 113 cm³/mol. The van der Waals surface area contributed by atoms with Crippen LogP contribution in [0.2, 0.25) is 5.02 Å². The Morgan fingerprint density at radius 1 is 1.36 bits per heavy atom. The topological polar surface area (TPSA) is 63.3 Å². The van der Waals surface area contributed by atoms with Crippen LogP contribution in [0.4, 0.5) is 0 Å². The van der Waals surface area contributed by atoms with E-state index in [0.717, 1.165) is 31.5 Å². The van der Waals surface area contributed by atoms with Gasteiger partial charge in [-0.3, -0.25) is 9.69 Å². The van der Waals surface area contributed by atoms with Gasteiger partial charge < -0.3 is 9.73 Å². The Labute approximate surface area is 175 Å². The van der Waals surface area contributed by atoms with Crippen molar-refractivity contribution in [3.05, 3.63) is 34.1 Å². The van der Waals surface area contributed by atoms with E-state index >= 15 is 0 Å². The average molecular weight is 423 g/mol. The number of hydrogen-bond acceptors (Lipinski definition) is 5. The number of carbonyl (C=O) groups excluding carboxylic acids is 1. The highest BCUT2D eigenvalue weighted by Crippen LogP contribution is 2.23. The quantitative estimate of drug-likeness (QED) is 0.701. The molecule has 0 aliphatic carbocycles. The second kappa shape index (κ2) is 9.20. The second-order valence-corrected chi connectivity index (χ2v) is 8.54. The smallest absolute Gasteiger partial charge is 0.288 e. The van der Waals surface area contributed by atoms with Gasteiger partial charge in [-0.1, -0.05) is 31.5 Å². The molecule has 2 aromatic rings. The maximum absolute atomic E-state index is 12.4. The number of amides is 1. The van der Waals surface area contributed by atoms with E-state index in [0.29, 0.717) is 28.3 Å². The number of aromatic nitrogens is 2. The van der Waals surface area contributed by atoms with Crippen molar-refractivity contribution in [2.75, 3.05) is 13.1 Å². The molecule has 0 spiro atoms. The van der Waals surface area contributed by atoms with E-state index in [1.807, 2.05) is 12.1 Å². The molecule has 1 amide bonds. The molecule has 1 unspecified atom stereocenters. The van der Waals surface area contributed by atoms with Crippen molar-refractivity contribution in [3.63, 3.8) is 0 Å². The maximum Gasteiger partial charge on any atom is 0.288 e. The summed E-state index contributed by atoms with van der Waals surface area (Å²) in [7, 11) is 0. The number of nitrogens with zero attached hydrogens (tertiary/aromatic N) is 3. The lowest BCUT2D eigenvalue weighted by atomic mass is 9.95. The molecule has 0 bridgehead atoms. The first-order chi connectivity index (χ1) is 13.3. The minimum Gasteiger partial charge on any atom is -0.409 e. The molecule has 1 aromatic carbocycles. The summed E-state index contributed by atoms with van der Waals surface area (Å²) in [5, 5.41) is 8.25. The van der Waals surface area contributed by atoms with Gasteiger partial charge in [0.15, 0.2) is 0 Å². The van der Waals surface area contributed by atoms with Gasteiger partial charge in [0, 0.05) is 35.6 Å². The number of benzene rings is 1. The van der Waals surface area contributed by atoms with E-state index in [1.165, 1.54) is 0 Å². The number of likely N-dealkylation sites (tertiary alicyclic amines) is 1. The zero-order valence-electron chi connectivity index (χ0n) is 16.5. The molecule has 1 fully saturated rings. The Kier molecular flexibility index (Phi) is 6.91. The number of halogens is 1. The molecule has 1 saturated heterocycles. The Morgan fingerprint density at radius 3 is 2.71 bits per heavy atom. The number of hydrogen-bond donors (Lipinski definition) is 1. The zero-order chi connectivity index (χ0) is 20.3. The number of nitrogens with one attached hydrogen (secondary N) is 1.